The molecule has 2 rings (SSSR count). The molecule has 0 saturated heterocycles. The molecule has 0 atom stereocenters. The van der Waals surface area contributed by atoms with Gasteiger partial charge < -0.3 is 5.32 Å². The van der Waals surface area contributed by atoms with Gasteiger partial charge in [0.1, 0.15) is 0 Å². The molecule has 0 amide bonds. The Hall–Kier alpha value is -1.58. The summed E-state index contributed by atoms with van der Waals surface area (Å²) in [6.07, 6.45) is 5.66. The highest BCUT2D eigenvalue weighted by atomic mass is 15.3. The standard InChI is InChI=1S/C14H22N4/c1-11(2)7-4-5-9-15-14-16-13-12(3)8-6-10-18(13)17-14/h6,8,10-11H,4-5,7,9H2,1-3H3,(H,15,17). The molecule has 0 spiro atoms. The molecule has 4 heteroatoms. The molecule has 4 nitrogen and oxygen atoms in total. The second kappa shape index (κ2) is 5.85. The van der Waals surface area contributed by atoms with Crippen LogP contribution in [0.4, 0.5) is 5.95 Å². The number of aromatic nitrogens is 3. The van der Waals surface area contributed by atoms with E-state index in [2.05, 4.69) is 42.2 Å². The van der Waals surface area contributed by atoms with Crippen molar-refractivity contribution in [1.82, 2.24) is 14.6 Å². The van der Waals surface area contributed by atoms with E-state index in [0.29, 0.717) is 0 Å². The number of pyridine rings is 1. The van der Waals surface area contributed by atoms with Gasteiger partial charge in [0, 0.05) is 12.7 Å². The molecule has 2 aromatic rings. The van der Waals surface area contributed by atoms with Gasteiger partial charge in [-0.1, -0.05) is 32.8 Å². The van der Waals surface area contributed by atoms with Gasteiger partial charge in [0.15, 0.2) is 5.65 Å². The summed E-state index contributed by atoms with van der Waals surface area (Å²) in [5.74, 6) is 1.52. The number of aryl methyl sites for hydroxylation is 1. The van der Waals surface area contributed by atoms with Gasteiger partial charge in [0.2, 0.25) is 5.95 Å². The topological polar surface area (TPSA) is 42.2 Å². The highest BCUT2D eigenvalue weighted by Crippen LogP contribution is 2.10. The van der Waals surface area contributed by atoms with Gasteiger partial charge in [-0.25, -0.2) is 4.52 Å². The van der Waals surface area contributed by atoms with E-state index in [-0.39, 0.29) is 0 Å². The summed E-state index contributed by atoms with van der Waals surface area (Å²) >= 11 is 0. The van der Waals surface area contributed by atoms with E-state index in [1.54, 1.807) is 0 Å². The van der Waals surface area contributed by atoms with Gasteiger partial charge in [0.25, 0.3) is 0 Å². The summed E-state index contributed by atoms with van der Waals surface area (Å²) in [4.78, 5) is 4.49. The number of hydrogen-bond donors (Lipinski definition) is 1. The molecule has 2 aromatic heterocycles. The van der Waals surface area contributed by atoms with Crippen molar-refractivity contribution in [2.45, 2.75) is 40.0 Å². The Labute approximate surface area is 108 Å². The Morgan fingerprint density at radius 3 is 2.89 bits per heavy atom. The molecule has 0 aliphatic carbocycles. The minimum atomic E-state index is 0.730. The first-order valence-electron chi connectivity index (χ1n) is 6.72. The van der Waals surface area contributed by atoms with E-state index in [4.69, 9.17) is 0 Å². The molecule has 2 heterocycles. The molecule has 0 aromatic carbocycles. The van der Waals surface area contributed by atoms with Crippen LogP contribution >= 0.6 is 0 Å². The molecular weight excluding hydrogens is 224 g/mol. The van der Waals surface area contributed by atoms with Crippen molar-refractivity contribution in [3.05, 3.63) is 23.9 Å². The van der Waals surface area contributed by atoms with E-state index in [1.165, 1.54) is 19.3 Å². The molecular formula is C14H22N4. The van der Waals surface area contributed by atoms with Crippen LogP contribution in [0, 0.1) is 12.8 Å². The number of nitrogens with zero attached hydrogens (tertiary/aromatic N) is 3. The van der Waals surface area contributed by atoms with Crippen LogP contribution in [-0.2, 0) is 0 Å². The van der Waals surface area contributed by atoms with Crippen molar-refractivity contribution < 1.29 is 0 Å². The van der Waals surface area contributed by atoms with Gasteiger partial charge in [-0.05, 0) is 30.9 Å². The molecule has 18 heavy (non-hydrogen) atoms. The monoisotopic (exact) mass is 246 g/mol. The summed E-state index contributed by atoms with van der Waals surface area (Å²) in [5.41, 5.74) is 2.08. The van der Waals surface area contributed by atoms with E-state index in [0.717, 1.165) is 29.6 Å². The summed E-state index contributed by atoms with van der Waals surface area (Å²) in [7, 11) is 0. The Balaban J connectivity index is 1.87. The fourth-order valence-corrected chi connectivity index (χ4v) is 1.99. The normalized spacial score (nSPS) is 11.3. The van der Waals surface area contributed by atoms with Gasteiger partial charge in [0.05, 0.1) is 0 Å². The van der Waals surface area contributed by atoms with Crippen molar-refractivity contribution in [2.75, 3.05) is 11.9 Å². The van der Waals surface area contributed by atoms with E-state index in [1.807, 2.05) is 16.8 Å². The second-order valence-corrected chi connectivity index (χ2v) is 5.21. The third kappa shape index (κ3) is 3.22. The Morgan fingerprint density at radius 2 is 2.17 bits per heavy atom. The number of hydrogen-bond acceptors (Lipinski definition) is 3. The zero-order chi connectivity index (χ0) is 13.0. The van der Waals surface area contributed by atoms with Crippen molar-refractivity contribution in [3.8, 4) is 0 Å². The lowest BCUT2D eigenvalue weighted by atomic mass is 10.1. The van der Waals surface area contributed by atoms with Gasteiger partial charge in [-0.2, -0.15) is 4.98 Å². The van der Waals surface area contributed by atoms with Crippen molar-refractivity contribution in [3.63, 3.8) is 0 Å². The largest absolute Gasteiger partial charge is 0.353 e. The summed E-state index contributed by atoms with van der Waals surface area (Å²) < 4.78 is 1.83. The molecule has 0 radical (unpaired) electrons. The average Bonchev–Trinajstić information content (AvgIpc) is 2.72. The zero-order valence-corrected chi connectivity index (χ0v) is 11.5. The van der Waals surface area contributed by atoms with Crippen LogP contribution in [0.1, 0.15) is 38.7 Å². The first-order chi connectivity index (χ1) is 8.66. The van der Waals surface area contributed by atoms with Crippen LogP contribution in [0.25, 0.3) is 5.65 Å². The van der Waals surface area contributed by atoms with E-state index >= 15 is 0 Å². The van der Waals surface area contributed by atoms with Crippen LogP contribution in [0.5, 0.6) is 0 Å². The maximum atomic E-state index is 4.49. The van der Waals surface area contributed by atoms with Gasteiger partial charge in [-0.3, -0.25) is 0 Å². The first kappa shape index (κ1) is 12.9. The maximum Gasteiger partial charge on any atom is 0.243 e. The first-order valence-corrected chi connectivity index (χ1v) is 6.72. The summed E-state index contributed by atoms with van der Waals surface area (Å²) in [6.45, 7) is 7.53. The van der Waals surface area contributed by atoms with Crippen LogP contribution in [-0.4, -0.2) is 21.1 Å². The Morgan fingerprint density at radius 1 is 1.33 bits per heavy atom. The van der Waals surface area contributed by atoms with Crippen molar-refractivity contribution in [1.29, 1.82) is 0 Å². The summed E-state index contributed by atoms with van der Waals surface area (Å²) in [6, 6.07) is 4.04. The van der Waals surface area contributed by atoms with E-state index in [9.17, 15) is 0 Å². The van der Waals surface area contributed by atoms with Gasteiger partial charge >= 0.3 is 0 Å². The quantitative estimate of drug-likeness (QED) is 0.795. The van der Waals surface area contributed by atoms with Crippen LogP contribution in [0.3, 0.4) is 0 Å². The molecule has 0 aliphatic heterocycles. The second-order valence-electron chi connectivity index (χ2n) is 5.21. The third-order valence-electron chi connectivity index (χ3n) is 3.05. The predicted octanol–water partition coefficient (Wildman–Crippen LogP) is 3.28. The smallest absolute Gasteiger partial charge is 0.243 e. The SMILES string of the molecule is Cc1cccn2nc(NCCCCC(C)C)nc12. The number of nitrogens with one attached hydrogen (secondary N) is 1. The molecule has 98 valence electrons. The van der Waals surface area contributed by atoms with Gasteiger partial charge in [-0.15, -0.1) is 5.10 Å². The molecule has 0 unspecified atom stereocenters. The summed E-state index contributed by atoms with van der Waals surface area (Å²) in [5, 5.41) is 7.69. The average molecular weight is 246 g/mol. The maximum absolute atomic E-state index is 4.49. The lowest BCUT2D eigenvalue weighted by molar-refractivity contribution is 0.544. The molecule has 0 fully saturated rings. The predicted molar refractivity (Wildman–Crippen MR) is 74.9 cm³/mol. The van der Waals surface area contributed by atoms with Crippen LogP contribution < -0.4 is 5.32 Å². The van der Waals surface area contributed by atoms with Crippen LogP contribution in [0.15, 0.2) is 18.3 Å². The minimum absolute atomic E-state index is 0.730. The fourth-order valence-electron chi connectivity index (χ4n) is 1.99. The Kier molecular flexibility index (Phi) is 4.18. The highest BCUT2D eigenvalue weighted by molar-refractivity contribution is 5.49. The fraction of sp³-hybridized carbons (Fsp3) is 0.571. The Bertz CT molecular complexity index is 501. The molecule has 0 saturated carbocycles. The minimum Gasteiger partial charge on any atom is -0.353 e. The number of anilines is 1. The van der Waals surface area contributed by atoms with Crippen LogP contribution in [0.2, 0.25) is 0 Å². The lowest BCUT2D eigenvalue weighted by Gasteiger charge is -2.04. The lowest BCUT2D eigenvalue weighted by Crippen LogP contribution is -2.03. The number of unbranched alkanes of at least 4 members (excludes halogenated alkanes) is 1. The highest BCUT2D eigenvalue weighted by Gasteiger charge is 2.04. The number of fused-ring (bicyclic) bond motifs is 1. The van der Waals surface area contributed by atoms with E-state index < -0.39 is 0 Å². The molecule has 0 bridgehead atoms. The molecule has 1 N–H and O–H groups in total. The number of rotatable bonds is 6. The zero-order valence-electron chi connectivity index (χ0n) is 11.5. The third-order valence-corrected chi connectivity index (χ3v) is 3.05. The van der Waals surface area contributed by atoms with Crippen molar-refractivity contribution >= 4 is 11.6 Å². The molecule has 0 aliphatic rings. The van der Waals surface area contributed by atoms with Crippen molar-refractivity contribution in [2.24, 2.45) is 5.92 Å².